The summed E-state index contributed by atoms with van der Waals surface area (Å²) in [5, 5.41) is 0. The molecule has 0 saturated carbocycles. The average molecular weight is 676 g/mol. The average Bonchev–Trinajstić information content (AvgIpc) is 3.59. The van der Waals surface area contributed by atoms with E-state index in [0.717, 1.165) is 17.0 Å². The van der Waals surface area contributed by atoms with Crippen LogP contribution in [0.15, 0.2) is 54.6 Å². The molecule has 0 N–H and O–H groups in total. The number of halogens is 9. The summed E-state index contributed by atoms with van der Waals surface area (Å²) >= 11 is 0. The molecule has 2 aliphatic heterocycles. The van der Waals surface area contributed by atoms with Crippen LogP contribution in [0.4, 0.5) is 44.3 Å². The maximum absolute atomic E-state index is 13.9. The van der Waals surface area contributed by atoms with Crippen LogP contribution in [0.1, 0.15) is 64.8 Å². The van der Waals surface area contributed by atoms with Crippen molar-refractivity contribution < 1.29 is 63.3 Å². The Bertz CT molecular complexity index is 1650. The summed E-state index contributed by atoms with van der Waals surface area (Å²) in [5.41, 5.74) is -3.57. The van der Waals surface area contributed by atoms with Gasteiger partial charge in [0, 0.05) is 12.0 Å². The van der Waals surface area contributed by atoms with Gasteiger partial charge in [-0.1, -0.05) is 12.1 Å². The molecule has 0 bridgehead atoms. The number of esters is 1. The van der Waals surface area contributed by atoms with Gasteiger partial charge in [0.25, 0.3) is 0 Å². The third-order valence-corrected chi connectivity index (χ3v) is 8.29. The van der Waals surface area contributed by atoms with E-state index >= 15 is 0 Å². The van der Waals surface area contributed by atoms with Crippen LogP contribution in [0.3, 0.4) is 0 Å². The Morgan fingerprint density at radius 1 is 0.809 bits per heavy atom. The Balaban J connectivity index is 1.59. The largest absolute Gasteiger partial charge is 0.496 e. The first-order valence-electron chi connectivity index (χ1n) is 14.2. The predicted molar refractivity (Wildman–Crippen MR) is 147 cm³/mol. The van der Waals surface area contributed by atoms with Gasteiger partial charge in [0.2, 0.25) is 0 Å². The van der Waals surface area contributed by atoms with Crippen LogP contribution in [0.5, 0.6) is 5.75 Å². The second kappa shape index (κ2) is 12.3. The van der Waals surface area contributed by atoms with E-state index in [9.17, 15) is 49.1 Å². The second-order valence-electron chi connectivity index (χ2n) is 11.1. The molecule has 2 aliphatic rings. The Morgan fingerprint density at radius 3 is 2.02 bits per heavy atom. The zero-order chi connectivity index (χ0) is 34.5. The van der Waals surface area contributed by atoms with Gasteiger partial charge >= 0.3 is 30.6 Å². The second-order valence-corrected chi connectivity index (χ2v) is 11.1. The van der Waals surface area contributed by atoms with Crippen molar-refractivity contribution in [3.8, 4) is 16.9 Å². The quantitative estimate of drug-likeness (QED) is 0.185. The number of aryl methyl sites for hydroxylation is 1. The molecule has 6 nitrogen and oxygen atoms in total. The molecule has 2 heterocycles. The molecule has 1 amide bonds. The van der Waals surface area contributed by atoms with Gasteiger partial charge in [0.1, 0.15) is 11.9 Å². The smallest absolute Gasteiger partial charge is 0.416 e. The van der Waals surface area contributed by atoms with E-state index in [4.69, 9.17) is 9.47 Å². The molecule has 1 unspecified atom stereocenters. The highest BCUT2D eigenvalue weighted by molar-refractivity contribution is 5.78. The van der Waals surface area contributed by atoms with Gasteiger partial charge in [-0.15, -0.1) is 0 Å². The third kappa shape index (κ3) is 6.84. The molecule has 3 aromatic rings. The molecule has 5 rings (SSSR count). The van der Waals surface area contributed by atoms with E-state index in [-0.39, 0.29) is 48.6 Å². The van der Waals surface area contributed by atoms with Crippen molar-refractivity contribution in [1.29, 1.82) is 0 Å². The fraction of sp³-hybridized carbons (Fsp3) is 0.375. The molecule has 3 aromatic carbocycles. The van der Waals surface area contributed by atoms with Crippen molar-refractivity contribution in [3.63, 3.8) is 0 Å². The van der Waals surface area contributed by atoms with Crippen LogP contribution in [0.25, 0.3) is 11.1 Å². The van der Waals surface area contributed by atoms with Gasteiger partial charge in [-0.05, 0) is 84.0 Å². The molecule has 3 atom stereocenters. The van der Waals surface area contributed by atoms with Crippen LogP contribution in [0, 0.1) is 0 Å². The standard InChI is InChI=1S/C32H26F9NO5/c1-45-26-9-3-16(4-10-27(43)46-2)11-23(26)21-6-5-18(30(33,34)35)15-22(21)24-7-8-25-28(47-29(44)42(24)25)17-12-19(31(36,37)38)14-20(13-17)32(39,40)41/h3,5-6,9,11-15,24-25,28H,4,7-8,10H2,1-2H3/t24?,25-,28+/m0/s1. The number of hydrogen-bond acceptors (Lipinski definition) is 5. The summed E-state index contributed by atoms with van der Waals surface area (Å²) in [4.78, 5) is 26.0. The normalized spacial score (nSPS) is 19.9. The number of amides is 1. The minimum absolute atomic E-state index is 0.00462. The number of carbonyl (C=O) groups excluding carboxylic acids is 2. The number of ether oxygens (including phenoxy) is 3. The molecule has 47 heavy (non-hydrogen) atoms. The summed E-state index contributed by atoms with van der Waals surface area (Å²) in [7, 11) is 2.57. The predicted octanol–water partition coefficient (Wildman–Crippen LogP) is 8.92. The highest BCUT2D eigenvalue weighted by Gasteiger charge is 2.52. The highest BCUT2D eigenvalue weighted by atomic mass is 19.4. The monoisotopic (exact) mass is 675 g/mol. The van der Waals surface area contributed by atoms with E-state index in [1.807, 2.05) is 0 Å². The lowest BCUT2D eigenvalue weighted by atomic mass is 9.90. The van der Waals surface area contributed by atoms with Crippen LogP contribution in [0.2, 0.25) is 0 Å². The molecule has 2 saturated heterocycles. The maximum atomic E-state index is 13.9. The number of rotatable bonds is 7. The van der Waals surface area contributed by atoms with Crippen molar-refractivity contribution in [3.05, 3.63) is 88.0 Å². The third-order valence-electron chi connectivity index (χ3n) is 8.29. The fourth-order valence-corrected chi connectivity index (χ4v) is 6.11. The SMILES string of the molecule is COC(=O)CCc1ccc(OC)c(-c2ccc(C(F)(F)F)cc2C2CC[C@H]3[C@@H](c4cc(C(F)(F)F)cc(C(F)(F)F)c4)OC(=O)N23)c1. The summed E-state index contributed by atoms with van der Waals surface area (Å²) < 4.78 is 139. The molecule has 2 fully saturated rings. The Kier molecular flexibility index (Phi) is 8.88. The lowest BCUT2D eigenvalue weighted by Gasteiger charge is -2.26. The molecule has 0 spiro atoms. The van der Waals surface area contributed by atoms with Crippen molar-refractivity contribution >= 4 is 12.1 Å². The zero-order valence-electron chi connectivity index (χ0n) is 24.6. The van der Waals surface area contributed by atoms with Crippen molar-refractivity contribution in [2.45, 2.75) is 62.4 Å². The Hall–Kier alpha value is -4.43. The van der Waals surface area contributed by atoms with E-state index in [1.165, 1.54) is 20.3 Å². The minimum atomic E-state index is -5.14. The molecular formula is C32H26F9NO5. The van der Waals surface area contributed by atoms with Crippen molar-refractivity contribution in [2.24, 2.45) is 0 Å². The van der Waals surface area contributed by atoms with Gasteiger partial charge in [0.15, 0.2) is 0 Å². The number of hydrogen-bond donors (Lipinski definition) is 0. The summed E-state index contributed by atoms with van der Waals surface area (Å²) in [6, 6.07) is 6.49. The first-order valence-corrected chi connectivity index (χ1v) is 14.2. The number of nitrogens with zero attached hydrogens (tertiary/aromatic N) is 1. The lowest BCUT2D eigenvalue weighted by Crippen LogP contribution is -2.31. The lowest BCUT2D eigenvalue weighted by molar-refractivity contribution is -0.143. The molecule has 252 valence electrons. The topological polar surface area (TPSA) is 65.1 Å². The van der Waals surface area contributed by atoms with Gasteiger partial charge < -0.3 is 14.2 Å². The van der Waals surface area contributed by atoms with E-state index < -0.39 is 71.0 Å². The molecule has 0 aliphatic carbocycles. The molecule has 15 heteroatoms. The van der Waals surface area contributed by atoms with E-state index in [2.05, 4.69) is 4.74 Å². The summed E-state index contributed by atoms with van der Waals surface area (Å²) in [5.74, 6) is -0.229. The van der Waals surface area contributed by atoms with Gasteiger partial charge in [-0.3, -0.25) is 9.69 Å². The van der Waals surface area contributed by atoms with E-state index in [1.54, 1.807) is 18.2 Å². The Labute approximate surface area is 262 Å². The van der Waals surface area contributed by atoms with Crippen LogP contribution >= 0.6 is 0 Å². The number of carbonyl (C=O) groups is 2. The number of cyclic esters (lactones) is 1. The van der Waals surface area contributed by atoms with Crippen molar-refractivity contribution in [2.75, 3.05) is 14.2 Å². The van der Waals surface area contributed by atoms with Crippen LogP contribution in [-0.4, -0.2) is 37.2 Å². The van der Waals surface area contributed by atoms with Gasteiger partial charge in [-0.2, -0.15) is 39.5 Å². The Morgan fingerprint density at radius 2 is 1.45 bits per heavy atom. The number of methoxy groups -OCH3 is 2. The maximum Gasteiger partial charge on any atom is 0.416 e. The molecular weight excluding hydrogens is 649 g/mol. The summed E-state index contributed by atoms with van der Waals surface area (Å²) in [6.45, 7) is 0. The molecule has 0 radical (unpaired) electrons. The zero-order valence-corrected chi connectivity index (χ0v) is 24.6. The van der Waals surface area contributed by atoms with Crippen LogP contribution in [-0.2, 0) is 39.2 Å². The van der Waals surface area contributed by atoms with Gasteiger partial charge in [-0.25, -0.2) is 4.79 Å². The first-order chi connectivity index (χ1) is 21.9. The number of alkyl halides is 9. The molecule has 0 aromatic heterocycles. The minimum Gasteiger partial charge on any atom is -0.496 e. The van der Waals surface area contributed by atoms with Gasteiger partial charge in [0.05, 0.1) is 43.0 Å². The van der Waals surface area contributed by atoms with E-state index in [0.29, 0.717) is 23.3 Å². The van der Waals surface area contributed by atoms with Crippen LogP contribution < -0.4 is 4.74 Å². The highest BCUT2D eigenvalue weighted by Crippen LogP contribution is 2.51. The number of benzene rings is 3. The van der Waals surface area contributed by atoms with Crippen molar-refractivity contribution in [1.82, 2.24) is 4.90 Å². The number of fused-ring (bicyclic) bond motifs is 1. The first kappa shape index (κ1) is 33.9. The summed E-state index contributed by atoms with van der Waals surface area (Å²) in [6.07, 6.45) is -17.5. The fourth-order valence-electron chi connectivity index (χ4n) is 6.11.